The van der Waals surface area contributed by atoms with Crippen LogP contribution in [0.15, 0.2) is 12.2 Å². The molecule has 130 valence electrons. The minimum absolute atomic E-state index is 0.0111. The fourth-order valence-corrected chi connectivity index (χ4v) is 6.37. The SMILES string of the molecule is C[C@@]12C(=O)C=C[C@]13C(F)(F)[C@]3(C)CC[C@@H]1[C@H]2OC(=O)[C@]12CC2(F)F. The normalized spacial score (nSPS) is 57.9. The Hall–Kier alpha value is -1.40. The van der Waals surface area contributed by atoms with Crippen LogP contribution in [0.5, 0.6) is 0 Å². The minimum atomic E-state index is -3.18. The number of carbonyl (C=O) groups is 2. The van der Waals surface area contributed by atoms with Gasteiger partial charge in [-0.2, -0.15) is 0 Å². The van der Waals surface area contributed by atoms with Gasteiger partial charge in [-0.1, -0.05) is 13.0 Å². The predicted molar refractivity (Wildman–Crippen MR) is 72.3 cm³/mol. The number of ketones is 1. The molecule has 0 amide bonds. The number of allylic oxidation sites excluding steroid dienone is 2. The lowest BCUT2D eigenvalue weighted by molar-refractivity contribution is -0.157. The van der Waals surface area contributed by atoms with Crippen LogP contribution in [0.3, 0.4) is 0 Å². The summed E-state index contributed by atoms with van der Waals surface area (Å²) in [5, 5.41) is 0. The van der Waals surface area contributed by atoms with Crippen molar-refractivity contribution in [3.05, 3.63) is 12.2 Å². The molecule has 0 unspecified atom stereocenters. The highest BCUT2D eigenvalue weighted by atomic mass is 19.3. The number of hydrogen-bond donors (Lipinski definition) is 0. The first-order valence-electron chi connectivity index (χ1n) is 8.14. The van der Waals surface area contributed by atoms with Gasteiger partial charge in [-0.3, -0.25) is 9.59 Å². The summed E-state index contributed by atoms with van der Waals surface area (Å²) in [5.41, 5.74) is -6.84. The average molecular weight is 344 g/mol. The van der Waals surface area contributed by atoms with Crippen LogP contribution in [-0.4, -0.2) is 29.7 Å². The van der Waals surface area contributed by atoms with Gasteiger partial charge in [0, 0.05) is 17.8 Å². The van der Waals surface area contributed by atoms with Crippen LogP contribution < -0.4 is 0 Å². The molecule has 5 rings (SSSR count). The molecule has 0 aromatic heterocycles. The summed E-state index contributed by atoms with van der Waals surface area (Å²) in [5.74, 6) is -8.80. The van der Waals surface area contributed by atoms with Gasteiger partial charge < -0.3 is 4.74 Å². The maximum absolute atomic E-state index is 14.9. The van der Waals surface area contributed by atoms with E-state index >= 15 is 0 Å². The maximum Gasteiger partial charge on any atom is 0.319 e. The van der Waals surface area contributed by atoms with Crippen molar-refractivity contribution < 1.29 is 31.9 Å². The largest absolute Gasteiger partial charge is 0.460 e. The summed E-state index contributed by atoms with van der Waals surface area (Å²) in [4.78, 5) is 24.8. The molecule has 0 aromatic carbocycles. The highest BCUT2D eigenvalue weighted by Crippen LogP contribution is 2.89. The fourth-order valence-electron chi connectivity index (χ4n) is 6.37. The van der Waals surface area contributed by atoms with E-state index in [1.807, 2.05) is 0 Å². The van der Waals surface area contributed by atoms with Gasteiger partial charge in [0.2, 0.25) is 0 Å². The van der Waals surface area contributed by atoms with Gasteiger partial charge in [0.05, 0.1) is 10.8 Å². The van der Waals surface area contributed by atoms with Gasteiger partial charge in [-0.15, -0.1) is 0 Å². The van der Waals surface area contributed by atoms with E-state index < -0.39 is 63.7 Å². The van der Waals surface area contributed by atoms with Gasteiger partial charge in [0.25, 0.3) is 11.8 Å². The van der Waals surface area contributed by atoms with Crippen LogP contribution in [-0.2, 0) is 14.3 Å². The summed E-state index contributed by atoms with van der Waals surface area (Å²) in [7, 11) is 0. The minimum Gasteiger partial charge on any atom is -0.460 e. The van der Waals surface area contributed by atoms with E-state index in [2.05, 4.69) is 0 Å². The summed E-state index contributed by atoms with van der Waals surface area (Å²) >= 11 is 0. The van der Waals surface area contributed by atoms with Gasteiger partial charge >= 0.3 is 5.97 Å². The summed E-state index contributed by atoms with van der Waals surface area (Å²) in [6.45, 7) is 2.78. The number of esters is 1. The molecule has 4 fully saturated rings. The van der Waals surface area contributed by atoms with Crippen molar-refractivity contribution in [1.29, 1.82) is 0 Å². The van der Waals surface area contributed by atoms with Crippen LogP contribution >= 0.6 is 0 Å². The Balaban J connectivity index is 1.71. The first-order valence-corrected chi connectivity index (χ1v) is 8.14. The Bertz CT molecular complexity index is 761. The lowest BCUT2D eigenvalue weighted by Gasteiger charge is -2.37. The third-order valence-corrected chi connectivity index (χ3v) is 7.96. The molecule has 2 spiro atoms. The molecular formula is C17H16F4O3. The van der Waals surface area contributed by atoms with E-state index in [1.165, 1.54) is 19.9 Å². The topological polar surface area (TPSA) is 43.4 Å². The fraction of sp³-hybridized carbons (Fsp3) is 0.765. The van der Waals surface area contributed by atoms with Crippen molar-refractivity contribution in [2.45, 2.75) is 51.1 Å². The van der Waals surface area contributed by atoms with Crippen LogP contribution in [0.25, 0.3) is 0 Å². The van der Waals surface area contributed by atoms with Crippen molar-refractivity contribution in [3.63, 3.8) is 0 Å². The van der Waals surface area contributed by atoms with Crippen molar-refractivity contribution in [3.8, 4) is 0 Å². The Morgan fingerprint density at radius 1 is 1.17 bits per heavy atom. The molecule has 3 saturated carbocycles. The average Bonchev–Trinajstić information content (AvgIpc) is 3.03. The van der Waals surface area contributed by atoms with E-state index in [9.17, 15) is 27.2 Å². The monoisotopic (exact) mass is 344 g/mol. The zero-order chi connectivity index (χ0) is 17.6. The van der Waals surface area contributed by atoms with Gasteiger partial charge in [-0.05, 0) is 25.8 Å². The molecule has 1 heterocycles. The van der Waals surface area contributed by atoms with Crippen LogP contribution in [0.4, 0.5) is 17.6 Å². The second-order valence-corrected chi connectivity index (χ2v) is 8.44. The van der Waals surface area contributed by atoms with Gasteiger partial charge in [0.15, 0.2) is 5.78 Å². The number of alkyl halides is 4. The number of ether oxygens (including phenoxy) is 1. The maximum atomic E-state index is 14.9. The second-order valence-electron chi connectivity index (χ2n) is 8.44. The summed E-state index contributed by atoms with van der Waals surface area (Å²) in [6, 6.07) is 0. The van der Waals surface area contributed by atoms with E-state index in [4.69, 9.17) is 4.74 Å². The number of rotatable bonds is 0. The third-order valence-electron chi connectivity index (χ3n) is 7.96. The zero-order valence-electron chi connectivity index (χ0n) is 13.2. The van der Waals surface area contributed by atoms with E-state index in [0.29, 0.717) is 0 Å². The number of carbonyl (C=O) groups excluding carboxylic acids is 2. The van der Waals surface area contributed by atoms with Crippen LogP contribution in [0.2, 0.25) is 0 Å². The number of halogens is 4. The summed E-state index contributed by atoms with van der Waals surface area (Å²) in [6.07, 6.45) is 0.542. The first-order chi connectivity index (χ1) is 10.9. The quantitative estimate of drug-likeness (QED) is 0.501. The Labute approximate surface area is 135 Å². The molecule has 0 aromatic rings. The standard InChI is InChI=1S/C17H16F4O3/c1-12-5-3-8-10(24-11(23)14(8)7-16(14,18)19)13(2)9(22)4-6-15(12,13)17(12,20)21/h4,6,8,10H,3,5,7H2,1-2H3/t8-,10-,12-,13+,14+,15-/m1/s1. The van der Waals surface area contributed by atoms with E-state index in [-0.39, 0.29) is 12.8 Å². The van der Waals surface area contributed by atoms with Crippen LogP contribution in [0.1, 0.15) is 33.1 Å². The lowest BCUT2D eigenvalue weighted by atomic mass is 9.65. The molecule has 5 aliphatic rings. The Morgan fingerprint density at radius 2 is 1.79 bits per heavy atom. The number of fused-ring (bicyclic) bond motifs is 3. The highest BCUT2D eigenvalue weighted by molar-refractivity contribution is 6.01. The first kappa shape index (κ1) is 14.9. The van der Waals surface area contributed by atoms with Crippen molar-refractivity contribution >= 4 is 11.8 Å². The Morgan fingerprint density at radius 3 is 2.38 bits per heavy atom. The van der Waals surface area contributed by atoms with Crippen LogP contribution in [0, 0.1) is 27.6 Å². The molecule has 24 heavy (non-hydrogen) atoms. The van der Waals surface area contributed by atoms with Crippen molar-refractivity contribution in [1.82, 2.24) is 0 Å². The zero-order valence-corrected chi connectivity index (χ0v) is 13.2. The van der Waals surface area contributed by atoms with Crippen molar-refractivity contribution in [2.24, 2.45) is 27.6 Å². The smallest absolute Gasteiger partial charge is 0.319 e. The predicted octanol–water partition coefficient (Wildman–Crippen LogP) is 3.13. The third kappa shape index (κ3) is 0.986. The molecule has 0 bridgehead atoms. The van der Waals surface area contributed by atoms with Crippen molar-refractivity contribution in [2.75, 3.05) is 0 Å². The molecule has 0 radical (unpaired) electrons. The molecule has 1 aliphatic heterocycles. The number of hydrogen-bond acceptors (Lipinski definition) is 3. The molecule has 1 saturated heterocycles. The lowest BCUT2D eigenvalue weighted by Crippen LogP contribution is -2.48. The molecule has 3 nitrogen and oxygen atoms in total. The molecular weight excluding hydrogens is 328 g/mol. The van der Waals surface area contributed by atoms with Gasteiger partial charge in [-0.25, -0.2) is 17.6 Å². The molecule has 7 heteroatoms. The molecule has 0 N–H and O–H groups in total. The van der Waals surface area contributed by atoms with E-state index in [1.54, 1.807) is 0 Å². The molecule has 4 aliphatic carbocycles. The Kier molecular flexibility index (Phi) is 2.06. The second kappa shape index (κ2) is 3.31. The molecule has 6 atom stereocenters. The van der Waals surface area contributed by atoms with Gasteiger partial charge in [0.1, 0.15) is 11.5 Å². The highest BCUT2D eigenvalue weighted by Gasteiger charge is 2.98. The summed E-state index contributed by atoms with van der Waals surface area (Å²) < 4.78 is 63.0. The van der Waals surface area contributed by atoms with E-state index in [0.717, 1.165) is 6.08 Å².